The molecule has 0 aliphatic rings. The Morgan fingerprint density at radius 1 is 1.14 bits per heavy atom. The minimum atomic E-state index is -0.759. The first kappa shape index (κ1) is 18.5. The third kappa shape index (κ3) is 3.08. The van der Waals surface area contributed by atoms with Crippen LogP contribution in [0.2, 0.25) is 0 Å². The Kier molecular flexibility index (Phi) is 4.46. The van der Waals surface area contributed by atoms with Crippen LogP contribution in [0.3, 0.4) is 0 Å². The van der Waals surface area contributed by atoms with Crippen LogP contribution in [-0.2, 0) is 6.54 Å². The number of nitrogens with two attached hydrogens (primary N) is 1. The van der Waals surface area contributed by atoms with Gasteiger partial charge in [-0.2, -0.15) is 0 Å². The number of rotatable bonds is 4. The second-order valence-electron chi connectivity index (χ2n) is 6.64. The summed E-state index contributed by atoms with van der Waals surface area (Å²) in [6.45, 7) is 3.99. The number of benzene rings is 2. The topological polar surface area (TPSA) is 95.8 Å². The molecule has 0 spiro atoms. The van der Waals surface area contributed by atoms with Crippen molar-refractivity contribution in [1.29, 1.82) is 0 Å². The maximum absolute atomic E-state index is 13.4. The number of halogens is 1. The van der Waals surface area contributed by atoms with Gasteiger partial charge in [-0.3, -0.25) is 9.36 Å². The zero-order chi connectivity index (χ0) is 20.7. The maximum Gasteiger partial charge on any atom is 0.335 e. The molecule has 0 saturated heterocycles. The zero-order valence-corrected chi connectivity index (χ0v) is 15.9. The van der Waals surface area contributed by atoms with E-state index in [9.17, 15) is 14.0 Å². The lowest BCUT2D eigenvalue weighted by Crippen LogP contribution is -2.23. The molecule has 146 valence electrons. The predicted molar refractivity (Wildman–Crippen MR) is 107 cm³/mol. The Bertz CT molecular complexity index is 1310. The fourth-order valence-corrected chi connectivity index (χ4v) is 3.36. The molecular formula is C21H18FN5O2. The third-order valence-corrected chi connectivity index (χ3v) is 4.68. The molecule has 29 heavy (non-hydrogen) atoms. The van der Waals surface area contributed by atoms with E-state index in [4.69, 9.17) is 5.73 Å². The van der Waals surface area contributed by atoms with Crippen LogP contribution in [-0.4, -0.2) is 25.0 Å². The summed E-state index contributed by atoms with van der Waals surface area (Å²) in [6, 6.07) is 13.0. The molecule has 0 fully saturated rings. The summed E-state index contributed by atoms with van der Waals surface area (Å²) in [5, 5.41) is 0. The second-order valence-corrected chi connectivity index (χ2v) is 6.64. The Morgan fingerprint density at radius 2 is 1.86 bits per heavy atom. The fraction of sp³-hybridized carbons (Fsp3) is 0.143. The zero-order valence-electron chi connectivity index (χ0n) is 15.9. The quantitative estimate of drug-likeness (QED) is 0.579. The molecule has 2 aromatic carbocycles. The number of carbonyl (C=O) groups is 1. The Labute approximate surface area is 165 Å². The molecule has 0 aliphatic carbocycles. The van der Waals surface area contributed by atoms with E-state index >= 15 is 0 Å². The van der Waals surface area contributed by atoms with E-state index in [-0.39, 0.29) is 29.2 Å². The van der Waals surface area contributed by atoms with Gasteiger partial charge in [0, 0.05) is 12.1 Å². The highest BCUT2D eigenvalue weighted by Crippen LogP contribution is 2.24. The number of imidazole rings is 1. The number of primary amides is 1. The van der Waals surface area contributed by atoms with Crippen molar-refractivity contribution >= 4 is 17.1 Å². The van der Waals surface area contributed by atoms with Gasteiger partial charge in [0.25, 0.3) is 5.91 Å². The van der Waals surface area contributed by atoms with Gasteiger partial charge >= 0.3 is 5.69 Å². The summed E-state index contributed by atoms with van der Waals surface area (Å²) in [5.74, 6) is -0.905. The largest absolute Gasteiger partial charge is 0.364 e. The molecule has 8 heteroatoms. The molecule has 2 heterocycles. The van der Waals surface area contributed by atoms with Crippen LogP contribution >= 0.6 is 0 Å². The van der Waals surface area contributed by atoms with Gasteiger partial charge in [-0.25, -0.2) is 23.7 Å². The van der Waals surface area contributed by atoms with Gasteiger partial charge in [0.1, 0.15) is 11.3 Å². The van der Waals surface area contributed by atoms with Gasteiger partial charge in [-0.05, 0) is 44.2 Å². The Hall–Kier alpha value is -3.81. The van der Waals surface area contributed by atoms with Crippen LogP contribution in [0.25, 0.3) is 28.2 Å². The summed E-state index contributed by atoms with van der Waals surface area (Å²) in [6.07, 6.45) is 0. The van der Waals surface area contributed by atoms with Crippen LogP contribution in [0.4, 0.5) is 4.39 Å². The van der Waals surface area contributed by atoms with Gasteiger partial charge in [0.2, 0.25) is 0 Å². The van der Waals surface area contributed by atoms with Crippen molar-refractivity contribution in [3.63, 3.8) is 0 Å². The third-order valence-electron chi connectivity index (χ3n) is 4.68. The summed E-state index contributed by atoms with van der Waals surface area (Å²) in [5.41, 5.74) is 7.76. The minimum Gasteiger partial charge on any atom is -0.364 e. The van der Waals surface area contributed by atoms with E-state index in [0.717, 1.165) is 5.56 Å². The van der Waals surface area contributed by atoms with Crippen molar-refractivity contribution in [2.24, 2.45) is 5.73 Å². The highest BCUT2D eigenvalue weighted by molar-refractivity contribution is 6.02. The molecule has 0 atom stereocenters. The van der Waals surface area contributed by atoms with Gasteiger partial charge < -0.3 is 5.73 Å². The molecule has 4 rings (SSSR count). The van der Waals surface area contributed by atoms with Crippen LogP contribution < -0.4 is 11.4 Å². The normalized spacial score (nSPS) is 11.1. The first-order valence-corrected chi connectivity index (χ1v) is 9.06. The maximum atomic E-state index is 13.4. The van der Waals surface area contributed by atoms with E-state index < -0.39 is 17.4 Å². The standard InChI is InChI=1S/C21H18FN5O2/c1-3-26-17-16(18(23)28)24-19(13-6-4-5-12(2)11-13)25-20(17)27(21(26)29)15-9-7-14(22)8-10-15/h4-11H,3H2,1-2H3,(H2,23,28). The second kappa shape index (κ2) is 6.97. The first-order chi connectivity index (χ1) is 13.9. The number of amides is 1. The Morgan fingerprint density at radius 3 is 2.48 bits per heavy atom. The molecule has 2 aromatic heterocycles. The number of fused-ring (bicyclic) bond motifs is 1. The van der Waals surface area contributed by atoms with Crippen molar-refractivity contribution in [2.75, 3.05) is 0 Å². The van der Waals surface area contributed by atoms with Crippen LogP contribution in [0.15, 0.2) is 53.3 Å². The number of hydrogen-bond donors (Lipinski definition) is 1. The lowest BCUT2D eigenvalue weighted by molar-refractivity contribution is 0.0997. The van der Waals surface area contributed by atoms with E-state index in [1.54, 1.807) is 6.92 Å². The van der Waals surface area contributed by atoms with Crippen LogP contribution in [0.1, 0.15) is 23.0 Å². The number of nitrogens with zero attached hydrogens (tertiary/aromatic N) is 4. The Balaban J connectivity index is 2.13. The average molecular weight is 391 g/mol. The summed E-state index contributed by atoms with van der Waals surface area (Å²) in [7, 11) is 0. The lowest BCUT2D eigenvalue weighted by atomic mass is 10.1. The molecule has 0 unspecified atom stereocenters. The number of aryl methyl sites for hydroxylation is 2. The molecule has 0 bridgehead atoms. The van der Waals surface area contributed by atoms with Gasteiger partial charge in [0.05, 0.1) is 5.69 Å². The summed E-state index contributed by atoms with van der Waals surface area (Å²) >= 11 is 0. The number of carbonyl (C=O) groups excluding carboxylic acids is 1. The predicted octanol–water partition coefficient (Wildman–Crippen LogP) is 2.82. The van der Waals surface area contributed by atoms with Crippen LogP contribution in [0, 0.1) is 12.7 Å². The summed E-state index contributed by atoms with van der Waals surface area (Å²) < 4.78 is 16.1. The van der Waals surface area contributed by atoms with Crippen LogP contribution in [0.5, 0.6) is 0 Å². The van der Waals surface area contributed by atoms with Gasteiger partial charge in [-0.1, -0.05) is 23.8 Å². The van der Waals surface area contributed by atoms with Crippen molar-refractivity contribution in [3.8, 4) is 17.1 Å². The average Bonchev–Trinajstić information content (AvgIpc) is 2.99. The van der Waals surface area contributed by atoms with Crippen molar-refractivity contribution in [2.45, 2.75) is 20.4 Å². The van der Waals surface area contributed by atoms with E-state index in [2.05, 4.69) is 9.97 Å². The van der Waals surface area contributed by atoms with Crippen molar-refractivity contribution in [1.82, 2.24) is 19.1 Å². The van der Waals surface area contributed by atoms with E-state index in [0.29, 0.717) is 11.3 Å². The lowest BCUT2D eigenvalue weighted by Gasteiger charge is -2.07. The monoisotopic (exact) mass is 391 g/mol. The SMILES string of the molecule is CCn1c(=O)n(-c2ccc(F)cc2)c2nc(-c3cccc(C)c3)nc(C(N)=O)c21. The number of hydrogen-bond acceptors (Lipinski definition) is 4. The number of aromatic nitrogens is 4. The molecule has 4 aromatic rings. The molecule has 0 saturated carbocycles. The first-order valence-electron chi connectivity index (χ1n) is 9.06. The fourth-order valence-electron chi connectivity index (χ4n) is 3.36. The van der Waals surface area contributed by atoms with Crippen molar-refractivity contribution < 1.29 is 9.18 Å². The van der Waals surface area contributed by atoms with E-state index in [1.165, 1.54) is 33.4 Å². The molecule has 0 aliphatic heterocycles. The highest BCUT2D eigenvalue weighted by atomic mass is 19.1. The van der Waals surface area contributed by atoms with Crippen molar-refractivity contribution in [3.05, 3.63) is 76.1 Å². The van der Waals surface area contributed by atoms with Gasteiger partial charge in [-0.15, -0.1) is 0 Å². The molecule has 0 radical (unpaired) electrons. The smallest absolute Gasteiger partial charge is 0.335 e. The molecule has 2 N–H and O–H groups in total. The minimum absolute atomic E-state index is 0.0358. The molecule has 7 nitrogen and oxygen atoms in total. The van der Waals surface area contributed by atoms with Gasteiger partial charge in [0.15, 0.2) is 17.2 Å². The summed E-state index contributed by atoms with van der Waals surface area (Å²) in [4.78, 5) is 34.2. The molecule has 1 amide bonds. The van der Waals surface area contributed by atoms with E-state index in [1.807, 2.05) is 31.2 Å². The molecular weight excluding hydrogens is 373 g/mol. The highest BCUT2D eigenvalue weighted by Gasteiger charge is 2.23.